The summed E-state index contributed by atoms with van der Waals surface area (Å²) < 4.78 is 1.42. The lowest BCUT2D eigenvalue weighted by molar-refractivity contribution is 0.436. The number of hydrogen-bond donors (Lipinski definition) is 1. The molecule has 0 spiro atoms. The molecule has 0 amide bonds. The molecule has 0 atom stereocenters. The summed E-state index contributed by atoms with van der Waals surface area (Å²) >= 11 is 3.81. The van der Waals surface area contributed by atoms with Crippen molar-refractivity contribution in [2.45, 2.75) is 57.3 Å². The fourth-order valence-electron chi connectivity index (χ4n) is 3.18. The van der Waals surface area contributed by atoms with Crippen LogP contribution in [0.3, 0.4) is 0 Å². The normalized spacial score (nSPS) is 21.9. The zero-order valence-corrected chi connectivity index (χ0v) is 10.7. The Bertz CT molecular complexity index is 361. The van der Waals surface area contributed by atoms with Crippen LogP contribution in [-0.4, -0.2) is 4.98 Å². The maximum Gasteiger partial charge on any atom is 0.0420 e. The molecule has 1 N–H and O–H groups in total. The monoisotopic (exact) mass is 267 g/mol. The van der Waals surface area contributed by atoms with Gasteiger partial charge in [0.1, 0.15) is 0 Å². The molecule has 0 unspecified atom stereocenters. The van der Waals surface area contributed by atoms with E-state index in [1.807, 2.05) is 0 Å². The Hall–Kier alpha value is -0.240. The minimum absolute atomic E-state index is 0.804. The second-order valence-corrected chi connectivity index (χ2v) is 5.79. The summed E-state index contributed by atoms with van der Waals surface area (Å²) in [6.07, 6.45) is 10.9. The van der Waals surface area contributed by atoms with Gasteiger partial charge >= 0.3 is 0 Å². The summed E-state index contributed by atoms with van der Waals surface area (Å²) in [5.74, 6) is 0.804. The van der Waals surface area contributed by atoms with Crippen LogP contribution in [0.15, 0.2) is 4.47 Å². The van der Waals surface area contributed by atoms with Crippen molar-refractivity contribution in [2.75, 3.05) is 0 Å². The highest BCUT2D eigenvalue weighted by Gasteiger charge is 2.25. The van der Waals surface area contributed by atoms with E-state index in [2.05, 4.69) is 20.9 Å². The van der Waals surface area contributed by atoms with Crippen molar-refractivity contribution < 1.29 is 0 Å². The highest BCUT2D eigenvalue weighted by Crippen LogP contribution is 2.40. The molecule has 0 saturated heterocycles. The Labute approximate surface area is 99.8 Å². The van der Waals surface area contributed by atoms with Gasteiger partial charge in [-0.05, 0) is 53.6 Å². The molecule has 1 aromatic rings. The molecule has 2 aliphatic rings. The summed E-state index contributed by atoms with van der Waals surface area (Å²) in [6.45, 7) is 0. The van der Waals surface area contributed by atoms with Crippen molar-refractivity contribution in [3.63, 3.8) is 0 Å². The van der Waals surface area contributed by atoms with Gasteiger partial charge in [0.05, 0.1) is 0 Å². The Morgan fingerprint density at radius 1 is 1.00 bits per heavy atom. The first-order valence-electron chi connectivity index (χ1n) is 6.25. The number of fused-ring (bicyclic) bond motifs is 1. The van der Waals surface area contributed by atoms with Crippen molar-refractivity contribution in [3.8, 4) is 0 Å². The number of rotatable bonds is 1. The lowest BCUT2D eigenvalue weighted by atomic mass is 9.87. The third-order valence-electron chi connectivity index (χ3n) is 4.02. The van der Waals surface area contributed by atoms with Crippen LogP contribution in [-0.2, 0) is 12.8 Å². The Kier molecular flexibility index (Phi) is 2.63. The molecule has 1 saturated carbocycles. The van der Waals surface area contributed by atoms with Gasteiger partial charge in [0, 0.05) is 21.8 Å². The molecule has 0 aromatic carbocycles. The molecular formula is C13H18BrN. The Morgan fingerprint density at radius 2 is 1.80 bits per heavy atom. The van der Waals surface area contributed by atoms with Crippen LogP contribution in [0.2, 0.25) is 0 Å². The largest absolute Gasteiger partial charge is 0.361 e. The molecule has 1 fully saturated rings. The smallest absolute Gasteiger partial charge is 0.0420 e. The van der Waals surface area contributed by atoms with Crippen molar-refractivity contribution in [3.05, 3.63) is 21.4 Å². The summed E-state index contributed by atoms with van der Waals surface area (Å²) in [5, 5.41) is 0. The van der Waals surface area contributed by atoms with E-state index in [9.17, 15) is 0 Å². The summed E-state index contributed by atoms with van der Waals surface area (Å²) in [7, 11) is 0. The zero-order chi connectivity index (χ0) is 10.3. The van der Waals surface area contributed by atoms with E-state index in [-0.39, 0.29) is 0 Å². The van der Waals surface area contributed by atoms with Gasteiger partial charge < -0.3 is 4.98 Å². The number of hydrogen-bond acceptors (Lipinski definition) is 0. The first-order chi connectivity index (χ1) is 7.36. The molecule has 1 aromatic heterocycles. The summed E-state index contributed by atoms with van der Waals surface area (Å²) in [6, 6.07) is 0. The van der Waals surface area contributed by atoms with E-state index in [0.717, 1.165) is 5.92 Å². The number of nitrogens with one attached hydrogen (secondary N) is 1. The van der Waals surface area contributed by atoms with E-state index < -0.39 is 0 Å². The highest BCUT2D eigenvalue weighted by molar-refractivity contribution is 9.10. The lowest BCUT2D eigenvalue weighted by Crippen LogP contribution is -2.05. The van der Waals surface area contributed by atoms with Crippen molar-refractivity contribution >= 4 is 15.9 Å². The fourth-order valence-corrected chi connectivity index (χ4v) is 4.04. The number of aromatic nitrogens is 1. The van der Waals surface area contributed by atoms with Gasteiger partial charge in [-0.25, -0.2) is 0 Å². The van der Waals surface area contributed by atoms with Crippen LogP contribution >= 0.6 is 15.9 Å². The lowest BCUT2D eigenvalue weighted by Gasteiger charge is -2.21. The third kappa shape index (κ3) is 1.67. The quantitative estimate of drug-likeness (QED) is 0.781. The third-order valence-corrected chi connectivity index (χ3v) is 4.92. The van der Waals surface area contributed by atoms with Crippen LogP contribution in [0.25, 0.3) is 0 Å². The molecule has 2 aliphatic carbocycles. The predicted octanol–water partition coefficient (Wildman–Crippen LogP) is 4.31. The van der Waals surface area contributed by atoms with Crippen molar-refractivity contribution in [2.24, 2.45) is 0 Å². The van der Waals surface area contributed by atoms with E-state index in [1.165, 1.54) is 67.2 Å². The number of aromatic amines is 1. The minimum Gasteiger partial charge on any atom is -0.361 e. The SMILES string of the molecule is Brc1c(C2CCCCC2)[nH]c2c1CCC2. The number of halogens is 1. The highest BCUT2D eigenvalue weighted by atomic mass is 79.9. The molecular weight excluding hydrogens is 250 g/mol. The van der Waals surface area contributed by atoms with E-state index >= 15 is 0 Å². The first-order valence-corrected chi connectivity index (χ1v) is 7.04. The molecule has 1 heterocycles. The van der Waals surface area contributed by atoms with Gasteiger partial charge in [-0.3, -0.25) is 0 Å². The van der Waals surface area contributed by atoms with E-state index in [0.29, 0.717) is 0 Å². The maximum atomic E-state index is 3.81. The van der Waals surface area contributed by atoms with Gasteiger partial charge in [-0.1, -0.05) is 19.3 Å². The van der Waals surface area contributed by atoms with Gasteiger partial charge in [0.15, 0.2) is 0 Å². The van der Waals surface area contributed by atoms with Crippen LogP contribution in [0.4, 0.5) is 0 Å². The Morgan fingerprint density at radius 3 is 2.53 bits per heavy atom. The first kappa shape index (κ1) is 9.95. The van der Waals surface area contributed by atoms with Crippen molar-refractivity contribution in [1.82, 2.24) is 4.98 Å². The molecule has 0 aliphatic heterocycles. The van der Waals surface area contributed by atoms with Crippen LogP contribution in [0.5, 0.6) is 0 Å². The fraction of sp³-hybridized carbons (Fsp3) is 0.692. The van der Waals surface area contributed by atoms with Gasteiger partial charge in [0.25, 0.3) is 0 Å². The molecule has 1 nitrogen and oxygen atoms in total. The standard InChI is InChI=1S/C13H18BrN/c14-12-10-7-4-8-11(10)15-13(12)9-5-2-1-3-6-9/h9,15H,1-8H2. The molecule has 15 heavy (non-hydrogen) atoms. The van der Waals surface area contributed by atoms with E-state index in [1.54, 1.807) is 5.56 Å². The zero-order valence-electron chi connectivity index (χ0n) is 9.11. The summed E-state index contributed by atoms with van der Waals surface area (Å²) in [5.41, 5.74) is 4.61. The van der Waals surface area contributed by atoms with Crippen LogP contribution < -0.4 is 0 Å². The molecule has 3 rings (SSSR count). The molecule has 82 valence electrons. The van der Waals surface area contributed by atoms with E-state index in [4.69, 9.17) is 0 Å². The topological polar surface area (TPSA) is 15.8 Å². The molecule has 0 bridgehead atoms. The minimum atomic E-state index is 0.804. The number of H-pyrrole nitrogens is 1. The number of aryl methyl sites for hydroxylation is 1. The average Bonchev–Trinajstić information content (AvgIpc) is 2.83. The average molecular weight is 268 g/mol. The summed E-state index contributed by atoms with van der Waals surface area (Å²) in [4.78, 5) is 3.68. The van der Waals surface area contributed by atoms with Crippen LogP contribution in [0, 0.1) is 0 Å². The second kappa shape index (κ2) is 3.97. The van der Waals surface area contributed by atoms with Gasteiger partial charge in [-0.15, -0.1) is 0 Å². The molecule has 2 heteroatoms. The second-order valence-electron chi connectivity index (χ2n) is 5.00. The van der Waals surface area contributed by atoms with Crippen LogP contribution in [0.1, 0.15) is 61.4 Å². The van der Waals surface area contributed by atoms with Crippen molar-refractivity contribution in [1.29, 1.82) is 0 Å². The Balaban J connectivity index is 1.91. The van der Waals surface area contributed by atoms with Gasteiger partial charge in [-0.2, -0.15) is 0 Å². The maximum absolute atomic E-state index is 3.81. The molecule has 0 radical (unpaired) electrons. The van der Waals surface area contributed by atoms with Gasteiger partial charge in [0.2, 0.25) is 0 Å². The predicted molar refractivity (Wildman–Crippen MR) is 66.3 cm³/mol.